The van der Waals surface area contributed by atoms with Crippen molar-refractivity contribution in [3.05, 3.63) is 0 Å². The van der Waals surface area contributed by atoms with Crippen LogP contribution in [0.3, 0.4) is 0 Å². The molecule has 4 atom stereocenters. The first-order valence-electron chi connectivity index (χ1n) is 8.80. The summed E-state index contributed by atoms with van der Waals surface area (Å²) in [4.78, 5) is 0. The van der Waals surface area contributed by atoms with E-state index in [1.165, 1.54) is 0 Å². The molecule has 0 aromatic heterocycles. The molecule has 0 aliphatic carbocycles. The molecule has 0 aromatic rings. The quantitative estimate of drug-likeness (QED) is 0.363. The second kappa shape index (κ2) is 10.7. The molecular weight excluding hydrogens is 284 g/mol. The highest BCUT2D eigenvalue weighted by Crippen LogP contribution is 2.28. The molecule has 0 saturated carbocycles. The van der Waals surface area contributed by atoms with Crippen molar-refractivity contribution in [2.45, 2.75) is 82.1 Å². The normalized spacial score (nSPS) is 17.6. The second-order valence-electron chi connectivity index (χ2n) is 9.53. The van der Waals surface area contributed by atoms with Gasteiger partial charge >= 0.3 is 0 Å². The number of nitrogens with zero attached hydrogens (tertiary/aromatic N) is 2. The van der Waals surface area contributed by atoms with Gasteiger partial charge in [-0.25, -0.2) is 0 Å². The molecule has 0 heterocycles. The Morgan fingerprint density at radius 2 is 1.30 bits per heavy atom. The minimum atomic E-state index is 0.189. The maximum absolute atomic E-state index is 8.65. The van der Waals surface area contributed by atoms with Crippen LogP contribution in [0.2, 0.25) is 0 Å². The van der Waals surface area contributed by atoms with Crippen LogP contribution in [0.4, 0.5) is 0 Å². The maximum Gasteiger partial charge on any atom is 0.0655 e. The SMILES string of the molecule is CC(C#N)C(C)CC(C)(C)C.CC(C=NO)C(C)CC(C)(C)C. The third-order valence-electron chi connectivity index (χ3n) is 4.13. The van der Waals surface area contributed by atoms with E-state index >= 15 is 0 Å². The molecule has 0 bridgehead atoms. The van der Waals surface area contributed by atoms with Crippen molar-refractivity contribution in [1.82, 2.24) is 0 Å². The Labute approximate surface area is 145 Å². The van der Waals surface area contributed by atoms with Crippen LogP contribution >= 0.6 is 0 Å². The fraction of sp³-hybridized carbons (Fsp3) is 0.900. The zero-order valence-corrected chi connectivity index (χ0v) is 17.1. The van der Waals surface area contributed by atoms with E-state index < -0.39 is 0 Å². The van der Waals surface area contributed by atoms with Crippen LogP contribution in [0.5, 0.6) is 0 Å². The average Bonchev–Trinajstić information content (AvgIpc) is 2.34. The van der Waals surface area contributed by atoms with Crippen LogP contribution < -0.4 is 0 Å². The van der Waals surface area contributed by atoms with E-state index in [2.05, 4.69) is 73.5 Å². The lowest BCUT2D eigenvalue weighted by Crippen LogP contribution is -2.17. The number of nitriles is 1. The number of rotatable bonds is 5. The van der Waals surface area contributed by atoms with Gasteiger partial charge in [-0.2, -0.15) is 5.26 Å². The summed E-state index contributed by atoms with van der Waals surface area (Å²) < 4.78 is 0. The topological polar surface area (TPSA) is 56.4 Å². The predicted molar refractivity (Wildman–Crippen MR) is 101 cm³/mol. The Morgan fingerprint density at radius 1 is 0.913 bits per heavy atom. The van der Waals surface area contributed by atoms with Crippen LogP contribution in [0.25, 0.3) is 0 Å². The van der Waals surface area contributed by atoms with Gasteiger partial charge in [-0.3, -0.25) is 0 Å². The highest BCUT2D eigenvalue weighted by Gasteiger charge is 2.19. The molecule has 0 rings (SSSR count). The Bertz CT molecular complexity index is 369. The average molecular weight is 325 g/mol. The van der Waals surface area contributed by atoms with Gasteiger partial charge in [-0.1, -0.05) is 62.3 Å². The smallest absolute Gasteiger partial charge is 0.0655 e. The van der Waals surface area contributed by atoms with Gasteiger partial charge in [-0.05, 0) is 48.3 Å². The summed E-state index contributed by atoms with van der Waals surface area (Å²) >= 11 is 0. The molecule has 0 saturated heterocycles. The van der Waals surface area contributed by atoms with E-state index in [0.29, 0.717) is 28.6 Å². The summed E-state index contributed by atoms with van der Waals surface area (Å²) in [7, 11) is 0. The summed E-state index contributed by atoms with van der Waals surface area (Å²) in [5, 5.41) is 20.1. The summed E-state index contributed by atoms with van der Waals surface area (Å²) in [5.74, 6) is 1.63. The lowest BCUT2D eigenvalue weighted by atomic mass is 9.80. The van der Waals surface area contributed by atoms with Gasteiger partial charge < -0.3 is 5.21 Å². The molecule has 23 heavy (non-hydrogen) atoms. The van der Waals surface area contributed by atoms with Crippen molar-refractivity contribution in [3.8, 4) is 6.07 Å². The zero-order chi connectivity index (χ0) is 18.8. The molecule has 1 N–H and O–H groups in total. The van der Waals surface area contributed by atoms with E-state index in [1.54, 1.807) is 6.21 Å². The number of oxime groups is 1. The number of hydrogen-bond donors (Lipinski definition) is 1. The van der Waals surface area contributed by atoms with Gasteiger partial charge in [0.15, 0.2) is 0 Å². The Morgan fingerprint density at radius 3 is 1.61 bits per heavy atom. The predicted octanol–water partition coefficient (Wildman–Crippen LogP) is 6.37. The van der Waals surface area contributed by atoms with E-state index in [4.69, 9.17) is 10.5 Å². The second-order valence-corrected chi connectivity index (χ2v) is 9.53. The fourth-order valence-corrected chi connectivity index (χ4v) is 2.67. The lowest BCUT2D eigenvalue weighted by molar-refractivity contribution is 0.274. The maximum atomic E-state index is 8.65. The monoisotopic (exact) mass is 324 g/mol. The van der Waals surface area contributed by atoms with E-state index in [1.807, 2.05) is 6.92 Å². The van der Waals surface area contributed by atoms with Crippen LogP contribution in [0, 0.1) is 45.8 Å². The fourth-order valence-electron chi connectivity index (χ4n) is 2.67. The summed E-state index contributed by atoms with van der Waals surface area (Å²) in [6.45, 7) is 21.8. The van der Waals surface area contributed by atoms with Crippen molar-refractivity contribution in [3.63, 3.8) is 0 Å². The van der Waals surface area contributed by atoms with Crippen LogP contribution in [-0.4, -0.2) is 11.4 Å². The van der Waals surface area contributed by atoms with Crippen molar-refractivity contribution in [2.24, 2.45) is 39.7 Å². The molecule has 0 radical (unpaired) electrons. The first-order chi connectivity index (χ1) is 10.2. The first-order valence-corrected chi connectivity index (χ1v) is 8.80. The van der Waals surface area contributed by atoms with Crippen LogP contribution in [0.1, 0.15) is 82.1 Å². The molecule has 4 unspecified atom stereocenters. The van der Waals surface area contributed by atoms with Crippen molar-refractivity contribution in [2.75, 3.05) is 0 Å². The molecule has 0 aliphatic rings. The van der Waals surface area contributed by atoms with Gasteiger partial charge in [0.1, 0.15) is 0 Å². The Balaban J connectivity index is 0. The van der Waals surface area contributed by atoms with Gasteiger partial charge in [0.2, 0.25) is 0 Å². The minimum Gasteiger partial charge on any atom is -0.411 e. The van der Waals surface area contributed by atoms with E-state index in [9.17, 15) is 0 Å². The minimum absolute atomic E-state index is 0.189. The zero-order valence-electron chi connectivity index (χ0n) is 17.1. The largest absolute Gasteiger partial charge is 0.411 e. The molecule has 0 amide bonds. The lowest BCUT2D eigenvalue weighted by Gasteiger charge is -2.25. The van der Waals surface area contributed by atoms with Gasteiger partial charge in [0, 0.05) is 12.1 Å². The first kappa shape index (κ1) is 24.2. The van der Waals surface area contributed by atoms with Crippen LogP contribution in [-0.2, 0) is 0 Å². The molecule has 136 valence electrons. The van der Waals surface area contributed by atoms with Gasteiger partial charge in [-0.15, -0.1) is 5.16 Å². The van der Waals surface area contributed by atoms with Crippen molar-refractivity contribution >= 4 is 6.21 Å². The number of hydrogen-bond acceptors (Lipinski definition) is 3. The van der Waals surface area contributed by atoms with Gasteiger partial charge in [0.25, 0.3) is 0 Å². The molecule has 0 fully saturated rings. The highest BCUT2D eigenvalue weighted by atomic mass is 16.4. The molecular formula is C20H40N2O. The van der Waals surface area contributed by atoms with Crippen LogP contribution in [0.15, 0.2) is 5.16 Å². The Hall–Kier alpha value is -1.04. The molecule has 0 spiro atoms. The van der Waals surface area contributed by atoms with E-state index in [0.717, 1.165) is 12.8 Å². The molecule has 3 heteroatoms. The third-order valence-corrected chi connectivity index (χ3v) is 4.13. The third kappa shape index (κ3) is 15.6. The Kier molecular flexibility index (Phi) is 11.2. The molecule has 3 nitrogen and oxygen atoms in total. The molecule has 0 aliphatic heterocycles. The molecule has 0 aromatic carbocycles. The standard InChI is InChI=1S/C10H21NO.C10H19N/c1-8(6-10(3,4)5)9(2)7-11-12;1-8(9(2)7-11)6-10(3,4)5/h7-9,12H,6H2,1-5H3;8-9H,6H2,1-5H3. The summed E-state index contributed by atoms with van der Waals surface area (Å²) in [5.41, 5.74) is 0.710. The summed E-state index contributed by atoms with van der Waals surface area (Å²) in [6.07, 6.45) is 3.89. The van der Waals surface area contributed by atoms with Gasteiger partial charge in [0.05, 0.1) is 6.07 Å². The van der Waals surface area contributed by atoms with E-state index in [-0.39, 0.29) is 5.92 Å². The van der Waals surface area contributed by atoms with Crippen molar-refractivity contribution < 1.29 is 5.21 Å². The highest BCUT2D eigenvalue weighted by molar-refractivity contribution is 5.59. The summed E-state index contributed by atoms with van der Waals surface area (Å²) in [6, 6.07) is 2.29. The van der Waals surface area contributed by atoms with Crippen molar-refractivity contribution in [1.29, 1.82) is 5.26 Å².